The van der Waals surface area contributed by atoms with E-state index in [0.717, 1.165) is 22.5 Å². The summed E-state index contributed by atoms with van der Waals surface area (Å²) in [4.78, 5) is 26.5. The zero-order chi connectivity index (χ0) is 21.8. The van der Waals surface area contributed by atoms with Gasteiger partial charge in [-0.2, -0.15) is 0 Å². The summed E-state index contributed by atoms with van der Waals surface area (Å²) in [7, 11) is 0. The van der Waals surface area contributed by atoms with E-state index in [1.807, 2.05) is 55.1 Å². The lowest BCUT2D eigenvalue weighted by molar-refractivity contribution is -0.118. The second kappa shape index (κ2) is 9.27. The van der Waals surface area contributed by atoms with E-state index in [2.05, 4.69) is 29.6 Å². The van der Waals surface area contributed by atoms with Crippen molar-refractivity contribution in [2.45, 2.75) is 19.2 Å². The maximum atomic E-state index is 12.5. The standard InChI is InChI=1S/C25H24N2O3S/c1-17-3-7-19(8-4-17)25-27(24(29)16-31-25)21-11-13-22(14-12-21)30-15-23(28)26-20-9-5-18(2)6-10-20/h3-14,25H,15-16H2,1-2H3,(H,26,28). The molecule has 6 heteroatoms. The first kappa shape index (κ1) is 21.0. The van der Waals surface area contributed by atoms with E-state index in [0.29, 0.717) is 11.5 Å². The van der Waals surface area contributed by atoms with Crippen molar-refractivity contribution in [2.75, 3.05) is 22.6 Å². The molecule has 31 heavy (non-hydrogen) atoms. The number of carbonyl (C=O) groups is 2. The van der Waals surface area contributed by atoms with Crippen molar-refractivity contribution >= 4 is 35.0 Å². The van der Waals surface area contributed by atoms with Crippen LogP contribution in [-0.4, -0.2) is 24.2 Å². The minimum absolute atomic E-state index is 0.0415. The number of benzene rings is 3. The van der Waals surface area contributed by atoms with E-state index in [4.69, 9.17) is 4.74 Å². The van der Waals surface area contributed by atoms with Gasteiger partial charge in [0.1, 0.15) is 11.1 Å². The molecule has 0 aliphatic carbocycles. The number of nitrogens with zero attached hydrogens (tertiary/aromatic N) is 1. The van der Waals surface area contributed by atoms with Crippen LogP contribution in [0.4, 0.5) is 11.4 Å². The van der Waals surface area contributed by atoms with Gasteiger partial charge in [-0.1, -0.05) is 47.5 Å². The first-order chi connectivity index (χ1) is 15.0. The fourth-order valence-electron chi connectivity index (χ4n) is 3.37. The average molecular weight is 433 g/mol. The highest BCUT2D eigenvalue weighted by molar-refractivity contribution is 8.00. The SMILES string of the molecule is Cc1ccc(NC(=O)COc2ccc(N3C(=O)CSC3c3ccc(C)cc3)cc2)cc1. The lowest BCUT2D eigenvalue weighted by Crippen LogP contribution is -2.27. The topological polar surface area (TPSA) is 58.6 Å². The lowest BCUT2D eigenvalue weighted by atomic mass is 10.1. The van der Waals surface area contributed by atoms with Crippen LogP contribution >= 0.6 is 11.8 Å². The van der Waals surface area contributed by atoms with Gasteiger partial charge in [-0.3, -0.25) is 14.5 Å². The number of anilines is 2. The van der Waals surface area contributed by atoms with Crippen LogP contribution in [0.3, 0.4) is 0 Å². The average Bonchev–Trinajstić information content (AvgIpc) is 3.16. The Morgan fingerprint density at radius 1 is 0.968 bits per heavy atom. The van der Waals surface area contributed by atoms with Crippen LogP contribution in [0.15, 0.2) is 72.8 Å². The van der Waals surface area contributed by atoms with E-state index in [1.54, 1.807) is 23.9 Å². The van der Waals surface area contributed by atoms with Crippen molar-refractivity contribution < 1.29 is 14.3 Å². The molecule has 3 aromatic carbocycles. The fraction of sp³-hybridized carbons (Fsp3) is 0.200. The summed E-state index contributed by atoms with van der Waals surface area (Å²) in [5.74, 6) is 0.893. The number of amides is 2. The first-order valence-electron chi connectivity index (χ1n) is 10.1. The Bertz CT molecular complexity index is 1060. The Labute approximate surface area is 186 Å². The first-order valence-corrected chi connectivity index (χ1v) is 11.1. The molecule has 158 valence electrons. The van der Waals surface area contributed by atoms with Crippen molar-refractivity contribution in [1.82, 2.24) is 0 Å². The minimum atomic E-state index is -0.224. The maximum absolute atomic E-state index is 12.5. The Morgan fingerprint density at radius 2 is 1.58 bits per heavy atom. The van der Waals surface area contributed by atoms with Crippen molar-refractivity contribution in [3.05, 3.63) is 89.5 Å². The predicted molar refractivity (Wildman–Crippen MR) is 126 cm³/mol. The third-order valence-electron chi connectivity index (χ3n) is 5.05. The van der Waals surface area contributed by atoms with Gasteiger partial charge in [0, 0.05) is 11.4 Å². The van der Waals surface area contributed by atoms with Crippen molar-refractivity contribution in [1.29, 1.82) is 0 Å². The van der Waals surface area contributed by atoms with Crippen LogP contribution in [-0.2, 0) is 9.59 Å². The molecule has 0 saturated carbocycles. The molecular formula is C25H24N2O3S. The van der Waals surface area contributed by atoms with Gasteiger partial charge in [0.05, 0.1) is 5.75 Å². The molecule has 1 unspecified atom stereocenters. The van der Waals surface area contributed by atoms with Crippen LogP contribution in [0, 0.1) is 13.8 Å². The second-order valence-electron chi connectivity index (χ2n) is 7.53. The fourth-order valence-corrected chi connectivity index (χ4v) is 4.54. The van der Waals surface area contributed by atoms with Gasteiger partial charge in [0.2, 0.25) is 5.91 Å². The molecule has 0 aromatic heterocycles. The summed E-state index contributed by atoms with van der Waals surface area (Å²) in [5, 5.41) is 2.77. The van der Waals surface area contributed by atoms with Gasteiger partial charge in [-0.25, -0.2) is 0 Å². The highest BCUT2D eigenvalue weighted by atomic mass is 32.2. The number of nitrogens with one attached hydrogen (secondary N) is 1. The van der Waals surface area contributed by atoms with E-state index in [1.165, 1.54) is 5.56 Å². The van der Waals surface area contributed by atoms with Crippen LogP contribution in [0.5, 0.6) is 5.75 Å². The van der Waals surface area contributed by atoms with Crippen LogP contribution in [0.2, 0.25) is 0 Å². The minimum Gasteiger partial charge on any atom is -0.484 e. The van der Waals surface area contributed by atoms with E-state index in [-0.39, 0.29) is 23.8 Å². The highest BCUT2D eigenvalue weighted by Crippen LogP contribution is 2.42. The molecule has 1 aliphatic heterocycles. The molecule has 0 radical (unpaired) electrons. The number of hydrogen-bond acceptors (Lipinski definition) is 4. The van der Waals surface area contributed by atoms with Gasteiger partial charge < -0.3 is 10.1 Å². The van der Waals surface area contributed by atoms with Crippen molar-refractivity contribution in [2.24, 2.45) is 0 Å². The normalized spacial score (nSPS) is 15.7. The summed E-state index contributed by atoms with van der Waals surface area (Å²) < 4.78 is 5.61. The lowest BCUT2D eigenvalue weighted by Gasteiger charge is -2.24. The summed E-state index contributed by atoms with van der Waals surface area (Å²) in [6.45, 7) is 3.96. The largest absolute Gasteiger partial charge is 0.484 e. The zero-order valence-electron chi connectivity index (χ0n) is 17.5. The van der Waals surface area contributed by atoms with Crippen molar-refractivity contribution in [3.8, 4) is 5.75 Å². The van der Waals surface area contributed by atoms with E-state index in [9.17, 15) is 9.59 Å². The molecule has 5 nitrogen and oxygen atoms in total. The number of rotatable bonds is 6. The molecule has 1 saturated heterocycles. The van der Waals surface area contributed by atoms with Gasteiger partial charge >= 0.3 is 0 Å². The molecule has 1 fully saturated rings. The summed E-state index contributed by atoms with van der Waals surface area (Å²) >= 11 is 1.62. The second-order valence-corrected chi connectivity index (χ2v) is 8.60. The van der Waals surface area contributed by atoms with Gasteiger partial charge in [0.15, 0.2) is 6.61 Å². The van der Waals surface area contributed by atoms with E-state index >= 15 is 0 Å². The summed E-state index contributed by atoms with van der Waals surface area (Å²) in [6, 6.07) is 23.2. The van der Waals surface area contributed by atoms with E-state index < -0.39 is 0 Å². The Hall–Kier alpha value is -3.25. The Balaban J connectivity index is 1.38. The number of carbonyl (C=O) groups excluding carboxylic acids is 2. The summed E-state index contributed by atoms with van der Waals surface area (Å²) in [6.07, 6.45) is 0. The van der Waals surface area contributed by atoms with Crippen molar-refractivity contribution in [3.63, 3.8) is 0 Å². The molecule has 3 aromatic rings. The molecule has 1 aliphatic rings. The summed E-state index contributed by atoms with van der Waals surface area (Å²) in [5.41, 5.74) is 4.99. The van der Waals surface area contributed by atoms with Gasteiger partial charge in [-0.15, -0.1) is 11.8 Å². The molecule has 0 bridgehead atoms. The number of aryl methyl sites for hydroxylation is 2. The molecular weight excluding hydrogens is 408 g/mol. The molecule has 1 atom stereocenters. The highest BCUT2D eigenvalue weighted by Gasteiger charge is 2.33. The monoisotopic (exact) mass is 432 g/mol. The predicted octanol–water partition coefficient (Wildman–Crippen LogP) is 5.10. The van der Waals surface area contributed by atoms with Gasteiger partial charge in [-0.05, 0) is 55.8 Å². The Kier molecular flexibility index (Phi) is 6.28. The molecule has 1 N–H and O–H groups in total. The third kappa shape index (κ3) is 5.09. The number of thioether (sulfide) groups is 1. The number of hydrogen-bond donors (Lipinski definition) is 1. The van der Waals surface area contributed by atoms with Crippen LogP contribution < -0.4 is 15.0 Å². The molecule has 0 spiro atoms. The maximum Gasteiger partial charge on any atom is 0.262 e. The van der Waals surface area contributed by atoms with Crippen LogP contribution in [0.1, 0.15) is 22.1 Å². The zero-order valence-corrected chi connectivity index (χ0v) is 18.3. The number of ether oxygens (including phenoxy) is 1. The smallest absolute Gasteiger partial charge is 0.262 e. The molecule has 4 rings (SSSR count). The molecule has 1 heterocycles. The third-order valence-corrected chi connectivity index (χ3v) is 6.26. The molecule has 2 amide bonds. The van der Waals surface area contributed by atoms with Crippen LogP contribution in [0.25, 0.3) is 0 Å². The van der Waals surface area contributed by atoms with Gasteiger partial charge in [0.25, 0.3) is 5.91 Å². The quantitative estimate of drug-likeness (QED) is 0.589. The Morgan fingerprint density at radius 3 is 2.23 bits per heavy atom.